The predicted molar refractivity (Wildman–Crippen MR) is 355 cm³/mol. The first-order valence-corrected chi connectivity index (χ1v) is 33.1. The summed E-state index contributed by atoms with van der Waals surface area (Å²) in [5, 5.41) is 36.8. The standard InChI is InChI=1S/C65H102N16O15/c1-8-37(6)52-62(92)77-51(36(4)5)61(91)76-48(33-38-21-24-41(82)25-22-38)58(88)71-31-15-19-44(68)56(86)81-80-54(84)42-34-40(23-27-49(42)96-7)72-64(94)65(95)74-45(20-12-13-29-66)59(89)75-47(32-35(2)3)57(87)70-30-14-18-43(67)55(85)79-53(39-16-10-9-11-17-39)63(93)73-46(60(90)78-52)26-28-50(69)83/h21-25,27,34-37,39,43-48,51-53,82H,8-20,26,28-33,66-68H2,1-7H3,(H2,69,83)(H,70,87)(H,71,88)(H,72,94)(H,73,93)(H,74,95)(H,75,89)(H,76,91)(H,77,92)(H,78,90)(H,79,85)(H,80,84)(H,81,86)/t37-,43-,44-,45-,46-,47-,48-,51-,52-,53-/m0/s1. The minimum Gasteiger partial charge on any atom is -0.508 e. The maximum Gasteiger partial charge on any atom is 0.313 e. The van der Waals surface area contributed by atoms with Crippen LogP contribution in [0.2, 0.25) is 0 Å². The van der Waals surface area contributed by atoms with Crippen LogP contribution in [0.4, 0.5) is 5.69 Å². The number of ether oxygens (including phenoxy) is 1. The maximum absolute atomic E-state index is 14.5. The number of phenols is 1. The Morgan fingerprint density at radius 3 is 1.74 bits per heavy atom. The number of benzene rings is 2. The number of nitrogens with two attached hydrogens (primary N) is 4. The van der Waals surface area contributed by atoms with Gasteiger partial charge in [-0.2, -0.15) is 0 Å². The van der Waals surface area contributed by atoms with Gasteiger partial charge in [-0.1, -0.05) is 79.4 Å². The molecule has 21 N–H and O–H groups in total. The number of carbonyl (C=O) groups excluding carboxylic acids is 13. The van der Waals surface area contributed by atoms with Gasteiger partial charge < -0.3 is 85.9 Å². The van der Waals surface area contributed by atoms with E-state index in [0.29, 0.717) is 37.7 Å². The van der Waals surface area contributed by atoms with Gasteiger partial charge in [0.15, 0.2) is 0 Å². The van der Waals surface area contributed by atoms with Crippen LogP contribution in [-0.2, 0) is 64.0 Å². The quantitative estimate of drug-likeness (QED) is 0.0702. The van der Waals surface area contributed by atoms with Crippen molar-refractivity contribution < 1.29 is 72.2 Å². The molecule has 1 aliphatic heterocycles. The highest BCUT2D eigenvalue weighted by molar-refractivity contribution is 6.40. The van der Waals surface area contributed by atoms with Crippen LogP contribution in [0, 0.1) is 23.7 Å². The number of amides is 13. The molecule has 96 heavy (non-hydrogen) atoms. The first kappa shape index (κ1) is 79.5. The summed E-state index contributed by atoms with van der Waals surface area (Å²) in [6.07, 6.45) is 4.21. The predicted octanol–water partition coefficient (Wildman–Crippen LogP) is -1.08. The zero-order valence-corrected chi connectivity index (χ0v) is 56.2. The van der Waals surface area contributed by atoms with Crippen LogP contribution in [0.3, 0.4) is 0 Å². The van der Waals surface area contributed by atoms with E-state index in [-0.39, 0.29) is 106 Å². The number of hydrogen-bond acceptors (Lipinski definition) is 18. The Labute approximate surface area is 560 Å². The minimum absolute atomic E-state index is 0.00352. The lowest BCUT2D eigenvalue weighted by Gasteiger charge is -2.33. The number of nitrogens with one attached hydrogen (secondary N) is 12. The maximum atomic E-state index is 14.5. The lowest BCUT2D eigenvalue weighted by Crippen LogP contribution is -2.62. The normalized spacial score (nSPS) is 24.6. The lowest BCUT2D eigenvalue weighted by atomic mass is 9.83. The second-order valence-electron chi connectivity index (χ2n) is 25.4. The van der Waals surface area contributed by atoms with Gasteiger partial charge in [0.1, 0.15) is 53.8 Å². The van der Waals surface area contributed by atoms with Crippen LogP contribution in [-0.4, -0.2) is 163 Å². The van der Waals surface area contributed by atoms with E-state index in [1.807, 2.05) is 13.8 Å². The van der Waals surface area contributed by atoms with Gasteiger partial charge in [0.2, 0.25) is 53.2 Å². The molecule has 1 saturated carbocycles. The Morgan fingerprint density at radius 1 is 0.573 bits per heavy atom. The highest BCUT2D eigenvalue weighted by atomic mass is 16.5. The molecule has 2 bridgehead atoms. The number of aromatic hydroxyl groups is 1. The number of fused-ring (bicyclic) bond motifs is 2. The Kier molecular flexibility index (Phi) is 33.5. The Morgan fingerprint density at radius 2 is 1.15 bits per heavy atom. The van der Waals surface area contributed by atoms with Gasteiger partial charge in [-0.05, 0) is 137 Å². The molecule has 1 heterocycles. The molecular formula is C65H102N16O15. The topological polar surface area (TPSA) is 500 Å². The van der Waals surface area contributed by atoms with Crippen molar-refractivity contribution in [2.45, 2.75) is 205 Å². The molecule has 532 valence electrons. The van der Waals surface area contributed by atoms with Crippen LogP contribution in [0.25, 0.3) is 0 Å². The Balaban J connectivity index is 1.69. The number of methoxy groups -OCH3 is 1. The molecule has 0 aromatic heterocycles. The SMILES string of the molecule is CC[C@H](C)[C@@H]1NC(=O)[C@H](CCC(N)=O)NC(=O)[C@H](C2CCCCC2)NC(=O)[C@@H](N)CCCNC(=O)[C@H](CC(C)C)NC(=O)[C@H](CCCCN)NC(=O)C(=O)Nc2ccc(OC)c(c2)C(=O)NNC(=O)[C@@H](N)CCCNC(=O)[C@H](Cc2ccc(O)cc2)NC(=O)[C@H](C(C)C)NC1=O. The van der Waals surface area contributed by atoms with E-state index in [0.717, 1.165) is 19.3 Å². The van der Waals surface area contributed by atoms with Gasteiger partial charge in [-0.3, -0.25) is 73.2 Å². The molecule has 0 saturated heterocycles. The van der Waals surface area contributed by atoms with Crippen molar-refractivity contribution in [1.82, 2.24) is 58.7 Å². The fourth-order valence-corrected chi connectivity index (χ4v) is 11.0. The van der Waals surface area contributed by atoms with Gasteiger partial charge in [0.25, 0.3) is 11.8 Å². The third kappa shape index (κ3) is 26.3. The van der Waals surface area contributed by atoms with E-state index >= 15 is 0 Å². The van der Waals surface area contributed by atoms with Gasteiger partial charge in [0.05, 0.1) is 24.8 Å². The highest BCUT2D eigenvalue weighted by Crippen LogP contribution is 2.28. The largest absolute Gasteiger partial charge is 0.508 e. The third-order valence-electron chi connectivity index (χ3n) is 16.8. The number of primary amides is 1. The van der Waals surface area contributed by atoms with E-state index in [4.69, 9.17) is 27.7 Å². The van der Waals surface area contributed by atoms with Crippen molar-refractivity contribution in [1.29, 1.82) is 0 Å². The summed E-state index contributed by atoms with van der Waals surface area (Å²) in [5.41, 5.74) is 28.7. The number of anilines is 1. The number of carbonyl (C=O) groups is 13. The molecule has 13 amide bonds. The minimum atomic E-state index is -1.47. The van der Waals surface area contributed by atoms with Crippen LogP contribution in [0.15, 0.2) is 42.5 Å². The van der Waals surface area contributed by atoms with Gasteiger partial charge in [-0.25, -0.2) is 0 Å². The van der Waals surface area contributed by atoms with E-state index < -0.39 is 149 Å². The molecule has 31 heteroatoms. The van der Waals surface area contributed by atoms with Gasteiger partial charge in [-0.15, -0.1) is 0 Å². The van der Waals surface area contributed by atoms with Crippen molar-refractivity contribution in [3.8, 4) is 11.5 Å². The molecule has 31 nitrogen and oxygen atoms in total. The first-order valence-electron chi connectivity index (χ1n) is 33.1. The van der Waals surface area contributed by atoms with E-state index in [1.54, 1.807) is 39.8 Å². The molecule has 0 radical (unpaired) electrons. The molecule has 1 fully saturated rings. The van der Waals surface area contributed by atoms with Crippen LogP contribution >= 0.6 is 0 Å². The van der Waals surface area contributed by atoms with Gasteiger partial charge in [0, 0.05) is 31.6 Å². The Bertz CT molecular complexity index is 3000. The van der Waals surface area contributed by atoms with E-state index in [9.17, 15) is 67.4 Å². The summed E-state index contributed by atoms with van der Waals surface area (Å²) >= 11 is 0. The summed E-state index contributed by atoms with van der Waals surface area (Å²) in [7, 11) is 1.26. The van der Waals surface area contributed by atoms with E-state index in [2.05, 4.69) is 64.0 Å². The summed E-state index contributed by atoms with van der Waals surface area (Å²) in [5.74, 6) is -12.7. The van der Waals surface area contributed by atoms with Crippen molar-refractivity contribution in [2.75, 3.05) is 32.1 Å². The summed E-state index contributed by atoms with van der Waals surface area (Å²) < 4.78 is 5.34. The molecule has 0 unspecified atom stereocenters. The average Bonchev–Trinajstić information content (AvgIpc) is 0.912. The third-order valence-corrected chi connectivity index (χ3v) is 16.8. The number of unbranched alkanes of at least 4 members (excludes halogenated alkanes) is 1. The molecule has 0 spiro atoms. The molecular weight excluding hydrogens is 1240 g/mol. The second kappa shape index (κ2) is 40.4. The number of rotatable bonds is 16. The van der Waals surface area contributed by atoms with Crippen molar-refractivity contribution in [3.63, 3.8) is 0 Å². The zero-order valence-electron chi connectivity index (χ0n) is 56.2. The smallest absolute Gasteiger partial charge is 0.313 e. The molecule has 10 atom stereocenters. The molecule has 1 aliphatic carbocycles. The Hall–Kier alpha value is -8.97. The van der Waals surface area contributed by atoms with E-state index in [1.165, 1.54) is 37.4 Å². The van der Waals surface area contributed by atoms with Crippen molar-refractivity contribution in [3.05, 3.63) is 53.6 Å². The molecule has 2 aromatic carbocycles. The molecule has 2 aromatic rings. The zero-order chi connectivity index (χ0) is 71.2. The van der Waals surface area contributed by atoms with Crippen LogP contribution in [0.1, 0.15) is 160 Å². The molecule has 2 aliphatic rings. The highest BCUT2D eigenvalue weighted by Gasteiger charge is 2.38. The average molecular weight is 1350 g/mol. The number of phenolic OH excluding ortho intramolecular Hbond substituents is 1. The first-order chi connectivity index (χ1) is 45.6. The summed E-state index contributed by atoms with van der Waals surface area (Å²) in [6.45, 7) is 10.6. The van der Waals surface area contributed by atoms with Crippen molar-refractivity contribution in [2.24, 2.45) is 46.6 Å². The van der Waals surface area contributed by atoms with Gasteiger partial charge >= 0.3 is 11.8 Å². The summed E-state index contributed by atoms with van der Waals surface area (Å²) in [4.78, 5) is 180. The van der Waals surface area contributed by atoms with Crippen molar-refractivity contribution >= 4 is 82.5 Å². The fourth-order valence-electron chi connectivity index (χ4n) is 11.0. The van der Waals surface area contributed by atoms with Crippen LogP contribution in [0.5, 0.6) is 11.5 Å². The monoisotopic (exact) mass is 1350 g/mol. The lowest BCUT2D eigenvalue weighted by molar-refractivity contribution is -0.138. The molecule has 4 rings (SSSR count). The second-order valence-corrected chi connectivity index (χ2v) is 25.4. The van der Waals surface area contributed by atoms with Crippen LogP contribution < -0.4 is 91.7 Å². The summed E-state index contributed by atoms with van der Waals surface area (Å²) in [6, 6.07) is -1.77. The number of hydrazine groups is 1. The fraction of sp³-hybridized carbons (Fsp3) is 0.615. The number of hydrogen-bond donors (Lipinski definition) is 17.